The van der Waals surface area contributed by atoms with Crippen LogP contribution >= 0.6 is 0 Å². The largest absolute Gasteiger partial charge is 0.395 e. The summed E-state index contributed by atoms with van der Waals surface area (Å²) in [5.74, 6) is -0.244. The van der Waals surface area contributed by atoms with Gasteiger partial charge >= 0.3 is 0 Å². The lowest BCUT2D eigenvalue weighted by Crippen LogP contribution is -2.41. The number of nitrogens with one attached hydrogen (secondary N) is 1. The van der Waals surface area contributed by atoms with Gasteiger partial charge in [-0.3, -0.25) is 9.69 Å². The minimum atomic E-state index is -2.48. The van der Waals surface area contributed by atoms with Gasteiger partial charge in [-0.2, -0.15) is 0 Å². The van der Waals surface area contributed by atoms with Crippen LogP contribution < -0.4 is 5.32 Å². The average molecular weight is 222 g/mol. The summed E-state index contributed by atoms with van der Waals surface area (Å²) in [7, 11) is 0. The SMILES string of the molecule is O=C(CN(CCO)CC(F)F)NC1CC1. The zero-order chi connectivity index (χ0) is 11.3. The molecule has 2 N–H and O–H groups in total. The van der Waals surface area contributed by atoms with Crippen LogP contribution in [-0.2, 0) is 4.79 Å². The van der Waals surface area contributed by atoms with Crippen LogP contribution in [0.15, 0.2) is 0 Å². The molecule has 88 valence electrons. The Kier molecular flexibility index (Phi) is 4.90. The first-order chi connectivity index (χ1) is 7.11. The van der Waals surface area contributed by atoms with E-state index in [1.807, 2.05) is 0 Å². The zero-order valence-electron chi connectivity index (χ0n) is 8.46. The number of hydrogen-bond donors (Lipinski definition) is 2. The number of amides is 1. The molecule has 0 unspecified atom stereocenters. The number of alkyl halides is 2. The molecule has 0 spiro atoms. The van der Waals surface area contributed by atoms with Gasteiger partial charge in [0.25, 0.3) is 6.43 Å². The van der Waals surface area contributed by atoms with Gasteiger partial charge in [-0.25, -0.2) is 8.78 Å². The van der Waals surface area contributed by atoms with Gasteiger partial charge in [-0.1, -0.05) is 0 Å². The fourth-order valence-corrected chi connectivity index (χ4v) is 1.28. The number of hydrogen-bond acceptors (Lipinski definition) is 3. The second-order valence-corrected chi connectivity index (χ2v) is 3.69. The molecule has 1 saturated carbocycles. The molecule has 0 aromatic heterocycles. The van der Waals surface area contributed by atoms with Crippen LogP contribution in [0.5, 0.6) is 0 Å². The number of nitrogens with zero attached hydrogens (tertiary/aromatic N) is 1. The van der Waals surface area contributed by atoms with Crippen molar-refractivity contribution < 1.29 is 18.7 Å². The molecule has 0 heterocycles. The molecule has 1 rings (SSSR count). The van der Waals surface area contributed by atoms with Crippen molar-refractivity contribution in [3.8, 4) is 0 Å². The van der Waals surface area contributed by atoms with Crippen molar-refractivity contribution in [2.75, 3.05) is 26.2 Å². The third-order valence-electron chi connectivity index (χ3n) is 2.12. The Hall–Kier alpha value is -0.750. The van der Waals surface area contributed by atoms with Crippen LogP contribution in [0.4, 0.5) is 8.78 Å². The van der Waals surface area contributed by atoms with E-state index in [-0.39, 0.29) is 31.6 Å². The topological polar surface area (TPSA) is 52.6 Å². The van der Waals surface area contributed by atoms with E-state index >= 15 is 0 Å². The Morgan fingerprint density at radius 1 is 1.53 bits per heavy atom. The first-order valence-corrected chi connectivity index (χ1v) is 5.02. The highest BCUT2D eigenvalue weighted by Gasteiger charge is 2.24. The van der Waals surface area contributed by atoms with Gasteiger partial charge in [0.2, 0.25) is 5.91 Å². The van der Waals surface area contributed by atoms with E-state index in [0.29, 0.717) is 0 Å². The van der Waals surface area contributed by atoms with Crippen molar-refractivity contribution in [3.05, 3.63) is 0 Å². The summed E-state index contributed by atoms with van der Waals surface area (Å²) in [4.78, 5) is 12.5. The Labute approximate surface area is 87.2 Å². The summed E-state index contributed by atoms with van der Waals surface area (Å²) in [5, 5.41) is 11.3. The summed E-state index contributed by atoms with van der Waals surface area (Å²) in [6.07, 6.45) is -0.536. The lowest BCUT2D eigenvalue weighted by atomic mass is 10.4. The summed E-state index contributed by atoms with van der Waals surface area (Å²) >= 11 is 0. The minimum absolute atomic E-state index is 0.0681. The first kappa shape index (κ1) is 12.3. The third-order valence-corrected chi connectivity index (χ3v) is 2.12. The molecular weight excluding hydrogens is 206 g/mol. The van der Waals surface area contributed by atoms with E-state index in [4.69, 9.17) is 5.11 Å². The quantitative estimate of drug-likeness (QED) is 0.628. The van der Waals surface area contributed by atoms with E-state index in [2.05, 4.69) is 5.32 Å². The van der Waals surface area contributed by atoms with Crippen LogP contribution in [0.3, 0.4) is 0 Å². The Morgan fingerprint density at radius 2 is 2.20 bits per heavy atom. The van der Waals surface area contributed by atoms with Crippen LogP contribution in [-0.4, -0.2) is 54.6 Å². The molecule has 1 amide bonds. The minimum Gasteiger partial charge on any atom is -0.395 e. The predicted octanol–water partition coefficient (Wildman–Crippen LogP) is -0.176. The van der Waals surface area contributed by atoms with Gasteiger partial charge in [0, 0.05) is 12.6 Å². The van der Waals surface area contributed by atoms with Crippen molar-refractivity contribution in [1.29, 1.82) is 0 Å². The molecule has 15 heavy (non-hydrogen) atoms. The van der Waals surface area contributed by atoms with Crippen LogP contribution in [0.2, 0.25) is 0 Å². The number of carbonyl (C=O) groups excluding carboxylic acids is 1. The Balaban J connectivity index is 2.24. The van der Waals surface area contributed by atoms with E-state index < -0.39 is 13.0 Å². The predicted molar refractivity (Wildman–Crippen MR) is 50.7 cm³/mol. The maximum absolute atomic E-state index is 12.1. The molecule has 1 fully saturated rings. The van der Waals surface area contributed by atoms with E-state index in [9.17, 15) is 13.6 Å². The number of aliphatic hydroxyl groups excluding tert-OH is 1. The van der Waals surface area contributed by atoms with Crippen LogP contribution in [0, 0.1) is 0 Å². The Morgan fingerprint density at radius 3 is 2.67 bits per heavy atom. The molecule has 0 bridgehead atoms. The van der Waals surface area contributed by atoms with E-state index in [1.165, 1.54) is 4.90 Å². The normalized spacial score (nSPS) is 16.1. The lowest BCUT2D eigenvalue weighted by molar-refractivity contribution is -0.122. The highest BCUT2D eigenvalue weighted by Crippen LogP contribution is 2.18. The van der Waals surface area contributed by atoms with Gasteiger partial charge in [0.05, 0.1) is 19.7 Å². The van der Waals surface area contributed by atoms with Gasteiger partial charge in [0.1, 0.15) is 0 Å². The van der Waals surface area contributed by atoms with Crippen molar-refractivity contribution in [1.82, 2.24) is 10.2 Å². The molecule has 0 radical (unpaired) electrons. The molecule has 0 saturated heterocycles. The molecule has 1 aliphatic carbocycles. The maximum Gasteiger partial charge on any atom is 0.251 e. The fraction of sp³-hybridized carbons (Fsp3) is 0.889. The van der Waals surface area contributed by atoms with Crippen molar-refractivity contribution in [3.63, 3.8) is 0 Å². The average Bonchev–Trinajstić information content (AvgIpc) is 2.86. The molecule has 0 aromatic rings. The highest BCUT2D eigenvalue weighted by molar-refractivity contribution is 5.78. The van der Waals surface area contributed by atoms with E-state index in [1.54, 1.807) is 0 Å². The standard InChI is InChI=1S/C9H16F2N2O2/c10-8(11)5-13(3-4-14)6-9(15)12-7-1-2-7/h7-8,14H,1-6H2,(H,12,15). The zero-order valence-corrected chi connectivity index (χ0v) is 8.46. The third kappa shape index (κ3) is 5.64. The molecule has 6 heteroatoms. The molecule has 0 atom stereocenters. The second-order valence-electron chi connectivity index (χ2n) is 3.69. The molecule has 4 nitrogen and oxygen atoms in total. The van der Waals surface area contributed by atoms with Gasteiger partial charge < -0.3 is 10.4 Å². The molecule has 0 aliphatic heterocycles. The second kappa shape index (κ2) is 5.97. The summed E-state index contributed by atoms with van der Waals surface area (Å²) in [6.45, 7) is -0.661. The van der Waals surface area contributed by atoms with Crippen LogP contribution in [0.25, 0.3) is 0 Å². The van der Waals surface area contributed by atoms with Crippen LogP contribution in [0.1, 0.15) is 12.8 Å². The molecule has 1 aliphatic rings. The van der Waals surface area contributed by atoms with Crippen molar-refractivity contribution >= 4 is 5.91 Å². The highest BCUT2D eigenvalue weighted by atomic mass is 19.3. The fourth-order valence-electron chi connectivity index (χ4n) is 1.28. The van der Waals surface area contributed by atoms with Gasteiger partial charge in [0.15, 0.2) is 0 Å². The molecule has 0 aromatic carbocycles. The monoisotopic (exact) mass is 222 g/mol. The molecular formula is C9H16F2N2O2. The van der Waals surface area contributed by atoms with E-state index in [0.717, 1.165) is 12.8 Å². The summed E-state index contributed by atoms with van der Waals surface area (Å²) in [5.41, 5.74) is 0. The number of halogens is 2. The summed E-state index contributed by atoms with van der Waals surface area (Å²) in [6, 6.07) is 0.236. The number of rotatable bonds is 7. The lowest BCUT2D eigenvalue weighted by Gasteiger charge is -2.19. The number of carbonyl (C=O) groups is 1. The summed E-state index contributed by atoms with van der Waals surface area (Å²) < 4.78 is 24.2. The smallest absolute Gasteiger partial charge is 0.251 e. The first-order valence-electron chi connectivity index (χ1n) is 5.02. The number of aliphatic hydroxyl groups is 1. The van der Waals surface area contributed by atoms with Crippen molar-refractivity contribution in [2.45, 2.75) is 25.3 Å². The Bertz CT molecular complexity index is 210. The van der Waals surface area contributed by atoms with Gasteiger partial charge in [-0.05, 0) is 12.8 Å². The van der Waals surface area contributed by atoms with Gasteiger partial charge in [-0.15, -0.1) is 0 Å². The van der Waals surface area contributed by atoms with Crippen molar-refractivity contribution in [2.24, 2.45) is 0 Å². The maximum atomic E-state index is 12.1.